The van der Waals surface area contributed by atoms with Gasteiger partial charge in [0.2, 0.25) is 0 Å². The number of carbonyl (C=O) groups excluding carboxylic acids is 1. The number of aromatic amines is 1. The molecule has 0 spiro atoms. The quantitative estimate of drug-likeness (QED) is 0.398. The molecule has 6 heteroatoms. The smallest absolute Gasteiger partial charge is 0.255 e. The number of hydrogen-bond acceptors (Lipinski definition) is 4. The van der Waals surface area contributed by atoms with E-state index in [1.807, 2.05) is 60.7 Å². The number of fused-ring (bicyclic) bond motifs is 1. The van der Waals surface area contributed by atoms with E-state index in [2.05, 4.69) is 15.5 Å². The topological polar surface area (TPSA) is 76.2 Å². The van der Waals surface area contributed by atoms with Gasteiger partial charge in [0, 0.05) is 23.7 Å². The molecule has 0 saturated carbocycles. The van der Waals surface area contributed by atoms with Crippen LogP contribution in [0, 0.1) is 0 Å². The average molecular weight is 413 g/mol. The lowest BCUT2D eigenvalue weighted by Gasteiger charge is -2.10. The Kier molecular flexibility index (Phi) is 6.40. The molecule has 0 radical (unpaired) electrons. The van der Waals surface area contributed by atoms with Gasteiger partial charge in [-0.05, 0) is 48.0 Å². The molecule has 2 N–H and O–H groups in total. The van der Waals surface area contributed by atoms with E-state index in [4.69, 9.17) is 9.47 Å². The number of methoxy groups -OCH3 is 1. The van der Waals surface area contributed by atoms with Gasteiger partial charge in [0.1, 0.15) is 12.4 Å². The highest BCUT2D eigenvalue weighted by Crippen LogP contribution is 2.22. The molecule has 0 saturated heterocycles. The predicted molar refractivity (Wildman–Crippen MR) is 123 cm³/mol. The SMILES string of the molecule is COCCOc1ccc(C(=O)Nc2ccccc2/C=C/c2n[nH]c3ccccc23)cc1. The lowest BCUT2D eigenvalue weighted by Crippen LogP contribution is -2.12. The van der Waals surface area contributed by atoms with Crippen LogP contribution in [-0.2, 0) is 4.74 Å². The van der Waals surface area contributed by atoms with E-state index in [1.54, 1.807) is 31.4 Å². The monoisotopic (exact) mass is 413 g/mol. The normalized spacial score (nSPS) is 11.1. The Bertz CT molecular complexity index is 1200. The zero-order valence-corrected chi connectivity index (χ0v) is 17.2. The Labute approximate surface area is 180 Å². The maximum atomic E-state index is 12.7. The number of aromatic nitrogens is 2. The number of para-hydroxylation sites is 2. The van der Waals surface area contributed by atoms with E-state index >= 15 is 0 Å². The first-order valence-electron chi connectivity index (χ1n) is 9.98. The first-order chi connectivity index (χ1) is 15.2. The molecule has 0 aliphatic rings. The summed E-state index contributed by atoms with van der Waals surface area (Å²) in [5.74, 6) is 0.512. The number of H-pyrrole nitrogens is 1. The number of amides is 1. The second-order valence-corrected chi connectivity index (χ2v) is 6.89. The van der Waals surface area contributed by atoms with Gasteiger partial charge in [-0.3, -0.25) is 9.89 Å². The summed E-state index contributed by atoms with van der Waals surface area (Å²) in [6.45, 7) is 0.980. The van der Waals surface area contributed by atoms with Gasteiger partial charge in [-0.2, -0.15) is 5.10 Å². The molecule has 0 unspecified atom stereocenters. The summed E-state index contributed by atoms with van der Waals surface area (Å²) in [6.07, 6.45) is 3.89. The van der Waals surface area contributed by atoms with Crippen LogP contribution >= 0.6 is 0 Å². The van der Waals surface area contributed by atoms with Crippen molar-refractivity contribution in [2.45, 2.75) is 0 Å². The van der Waals surface area contributed by atoms with Gasteiger partial charge in [-0.15, -0.1) is 0 Å². The maximum Gasteiger partial charge on any atom is 0.255 e. The predicted octanol–water partition coefficient (Wildman–Crippen LogP) is 5.01. The molecule has 1 aromatic heterocycles. The van der Waals surface area contributed by atoms with Crippen molar-refractivity contribution in [3.63, 3.8) is 0 Å². The third kappa shape index (κ3) is 4.99. The highest BCUT2D eigenvalue weighted by atomic mass is 16.5. The van der Waals surface area contributed by atoms with E-state index in [1.165, 1.54) is 0 Å². The van der Waals surface area contributed by atoms with Crippen LogP contribution in [0.15, 0.2) is 72.8 Å². The number of nitrogens with zero attached hydrogens (tertiary/aromatic N) is 1. The minimum Gasteiger partial charge on any atom is -0.491 e. The summed E-state index contributed by atoms with van der Waals surface area (Å²) >= 11 is 0. The minimum absolute atomic E-state index is 0.186. The Morgan fingerprint density at radius 2 is 1.74 bits per heavy atom. The van der Waals surface area contributed by atoms with E-state index in [0.29, 0.717) is 24.5 Å². The van der Waals surface area contributed by atoms with E-state index in [9.17, 15) is 4.79 Å². The molecule has 31 heavy (non-hydrogen) atoms. The number of hydrogen-bond donors (Lipinski definition) is 2. The van der Waals surface area contributed by atoms with Crippen LogP contribution in [0.3, 0.4) is 0 Å². The number of rotatable bonds is 8. The Morgan fingerprint density at radius 3 is 2.58 bits per heavy atom. The van der Waals surface area contributed by atoms with Crippen LogP contribution in [0.2, 0.25) is 0 Å². The third-order valence-corrected chi connectivity index (χ3v) is 4.80. The van der Waals surface area contributed by atoms with Gasteiger partial charge < -0.3 is 14.8 Å². The van der Waals surface area contributed by atoms with Gasteiger partial charge in [0.05, 0.1) is 17.8 Å². The summed E-state index contributed by atoms with van der Waals surface area (Å²) in [7, 11) is 1.63. The van der Waals surface area contributed by atoms with Gasteiger partial charge in [-0.25, -0.2) is 0 Å². The Balaban J connectivity index is 1.47. The van der Waals surface area contributed by atoms with E-state index < -0.39 is 0 Å². The first kappa shape index (κ1) is 20.4. The van der Waals surface area contributed by atoms with Crippen molar-refractivity contribution in [2.75, 3.05) is 25.6 Å². The second kappa shape index (κ2) is 9.73. The van der Waals surface area contributed by atoms with E-state index in [-0.39, 0.29) is 5.91 Å². The van der Waals surface area contributed by atoms with Crippen LogP contribution in [0.25, 0.3) is 23.1 Å². The molecule has 1 heterocycles. The molecular formula is C25H23N3O3. The molecule has 0 aliphatic carbocycles. The van der Waals surface area contributed by atoms with Crippen molar-refractivity contribution >= 4 is 34.6 Å². The number of nitrogens with one attached hydrogen (secondary N) is 2. The Hall–Kier alpha value is -3.90. The van der Waals surface area contributed by atoms with Gasteiger partial charge in [0.15, 0.2) is 0 Å². The van der Waals surface area contributed by atoms with Crippen LogP contribution in [0.4, 0.5) is 5.69 Å². The Morgan fingerprint density at radius 1 is 0.968 bits per heavy atom. The molecule has 0 atom stereocenters. The lowest BCUT2D eigenvalue weighted by molar-refractivity contribution is 0.102. The van der Waals surface area contributed by atoms with Crippen molar-refractivity contribution < 1.29 is 14.3 Å². The standard InChI is InChI=1S/C25H23N3O3/c1-30-16-17-31-20-13-10-19(11-14-20)25(29)26-22-8-4-2-6-18(22)12-15-24-21-7-3-5-9-23(21)27-28-24/h2-15H,16-17H2,1H3,(H,26,29)(H,27,28)/b15-12+. The van der Waals surface area contributed by atoms with Crippen molar-refractivity contribution in [3.8, 4) is 5.75 Å². The van der Waals surface area contributed by atoms with E-state index in [0.717, 1.165) is 27.8 Å². The summed E-state index contributed by atoms with van der Waals surface area (Å²) in [6, 6.07) is 22.7. The molecule has 4 rings (SSSR count). The molecule has 0 aliphatic heterocycles. The largest absolute Gasteiger partial charge is 0.491 e. The molecule has 1 amide bonds. The summed E-state index contributed by atoms with van der Waals surface area (Å²) < 4.78 is 10.5. The fourth-order valence-corrected chi connectivity index (χ4v) is 3.18. The fourth-order valence-electron chi connectivity index (χ4n) is 3.18. The van der Waals surface area contributed by atoms with Gasteiger partial charge in [0.25, 0.3) is 5.91 Å². The molecule has 6 nitrogen and oxygen atoms in total. The van der Waals surface area contributed by atoms with Crippen LogP contribution in [0.5, 0.6) is 5.75 Å². The lowest BCUT2D eigenvalue weighted by atomic mass is 10.1. The second-order valence-electron chi connectivity index (χ2n) is 6.89. The van der Waals surface area contributed by atoms with Crippen molar-refractivity contribution in [1.82, 2.24) is 10.2 Å². The number of carbonyl (C=O) groups is 1. The van der Waals surface area contributed by atoms with Crippen LogP contribution < -0.4 is 10.1 Å². The molecular weight excluding hydrogens is 390 g/mol. The number of benzene rings is 3. The van der Waals surface area contributed by atoms with Crippen molar-refractivity contribution in [1.29, 1.82) is 0 Å². The average Bonchev–Trinajstić information content (AvgIpc) is 3.22. The van der Waals surface area contributed by atoms with Crippen molar-refractivity contribution in [3.05, 3.63) is 89.6 Å². The van der Waals surface area contributed by atoms with Crippen LogP contribution in [0.1, 0.15) is 21.6 Å². The summed E-state index contributed by atoms with van der Waals surface area (Å²) in [5.41, 5.74) is 4.00. The molecule has 4 aromatic rings. The highest BCUT2D eigenvalue weighted by Gasteiger charge is 2.09. The van der Waals surface area contributed by atoms with Gasteiger partial charge in [-0.1, -0.05) is 42.5 Å². The summed E-state index contributed by atoms with van der Waals surface area (Å²) in [5, 5.41) is 11.4. The zero-order chi connectivity index (χ0) is 21.5. The first-order valence-corrected chi connectivity index (χ1v) is 9.98. The third-order valence-electron chi connectivity index (χ3n) is 4.80. The molecule has 0 fully saturated rings. The summed E-state index contributed by atoms with van der Waals surface area (Å²) in [4.78, 5) is 12.7. The number of anilines is 1. The van der Waals surface area contributed by atoms with Crippen LogP contribution in [-0.4, -0.2) is 36.4 Å². The van der Waals surface area contributed by atoms with Gasteiger partial charge >= 0.3 is 0 Å². The molecule has 3 aromatic carbocycles. The molecule has 156 valence electrons. The maximum absolute atomic E-state index is 12.7. The zero-order valence-electron chi connectivity index (χ0n) is 17.2. The highest BCUT2D eigenvalue weighted by molar-refractivity contribution is 6.05. The minimum atomic E-state index is -0.186. The van der Waals surface area contributed by atoms with Crippen molar-refractivity contribution in [2.24, 2.45) is 0 Å². The number of ether oxygens (including phenoxy) is 2. The fraction of sp³-hybridized carbons (Fsp3) is 0.120. The molecule has 0 bridgehead atoms.